The van der Waals surface area contributed by atoms with Crippen molar-refractivity contribution in [2.75, 3.05) is 32.9 Å². The normalized spacial score (nSPS) is 19.8. The predicted octanol–water partition coefficient (Wildman–Crippen LogP) is 1.81. The Hall–Kier alpha value is -1.96. The minimum absolute atomic E-state index is 0.134. The van der Waals surface area contributed by atoms with E-state index in [1.807, 2.05) is 32.0 Å². The van der Waals surface area contributed by atoms with Gasteiger partial charge in [-0.2, -0.15) is 4.98 Å². The number of aromatic nitrogens is 2. The molecule has 0 amide bonds. The summed E-state index contributed by atoms with van der Waals surface area (Å²) >= 11 is 0. The summed E-state index contributed by atoms with van der Waals surface area (Å²) in [7, 11) is 0. The molecule has 0 radical (unpaired) electrons. The van der Waals surface area contributed by atoms with Crippen LogP contribution < -0.4 is 4.74 Å². The second-order valence-corrected chi connectivity index (χ2v) is 6.50. The van der Waals surface area contributed by atoms with Crippen LogP contribution in [0.5, 0.6) is 5.75 Å². The molecule has 0 aliphatic carbocycles. The van der Waals surface area contributed by atoms with E-state index in [2.05, 4.69) is 15.0 Å². The number of nitrogens with zero attached hydrogens (tertiary/aromatic N) is 3. The molecule has 2 aromatic rings. The number of aliphatic hydroxyl groups is 1. The SMILES string of the molecule is Cc1ccc(C)c(OC[C@@H](O)CN2CCOC[C@H]2c2nc(C)no2)c1. The van der Waals surface area contributed by atoms with Gasteiger partial charge < -0.3 is 19.1 Å². The van der Waals surface area contributed by atoms with Gasteiger partial charge in [-0.1, -0.05) is 17.3 Å². The highest BCUT2D eigenvalue weighted by atomic mass is 16.5. The second kappa shape index (κ2) is 7.95. The largest absolute Gasteiger partial charge is 0.491 e. The molecule has 2 atom stereocenters. The summed E-state index contributed by atoms with van der Waals surface area (Å²) in [5.41, 5.74) is 2.19. The van der Waals surface area contributed by atoms with Gasteiger partial charge in [0.25, 0.3) is 0 Å². The van der Waals surface area contributed by atoms with Crippen LogP contribution in [0.2, 0.25) is 0 Å². The van der Waals surface area contributed by atoms with Crippen molar-refractivity contribution in [2.24, 2.45) is 0 Å². The van der Waals surface area contributed by atoms with E-state index in [9.17, 15) is 5.11 Å². The Balaban J connectivity index is 1.58. The molecule has 1 aliphatic heterocycles. The maximum Gasteiger partial charge on any atom is 0.246 e. The van der Waals surface area contributed by atoms with Crippen LogP contribution in [0, 0.1) is 20.8 Å². The maximum absolute atomic E-state index is 10.4. The van der Waals surface area contributed by atoms with Gasteiger partial charge in [-0.25, -0.2) is 0 Å². The lowest BCUT2D eigenvalue weighted by atomic mass is 10.1. The molecule has 1 fully saturated rings. The summed E-state index contributed by atoms with van der Waals surface area (Å²) in [6.07, 6.45) is -0.621. The first-order valence-electron chi connectivity index (χ1n) is 8.53. The highest BCUT2D eigenvalue weighted by Gasteiger charge is 2.30. The molecular formula is C18H25N3O4. The summed E-state index contributed by atoms with van der Waals surface area (Å²) < 4.78 is 16.6. The standard InChI is InChI=1S/C18H25N3O4/c1-12-4-5-13(2)17(8-12)24-10-15(22)9-21-6-7-23-11-16(21)18-19-14(3)20-25-18/h4-5,8,15-16,22H,6-7,9-11H2,1-3H3/t15-,16-/m0/s1. The number of hydrogen-bond donors (Lipinski definition) is 1. The molecule has 0 saturated carbocycles. The first-order valence-corrected chi connectivity index (χ1v) is 8.53. The van der Waals surface area contributed by atoms with E-state index in [1.54, 1.807) is 6.92 Å². The Kier molecular flexibility index (Phi) is 5.67. The first-order chi connectivity index (χ1) is 12.0. The van der Waals surface area contributed by atoms with Crippen molar-refractivity contribution in [3.8, 4) is 5.75 Å². The summed E-state index contributed by atoms with van der Waals surface area (Å²) in [5, 5.41) is 14.3. The fourth-order valence-electron chi connectivity index (χ4n) is 2.90. The third-order valence-electron chi connectivity index (χ3n) is 4.29. The number of benzene rings is 1. The van der Waals surface area contributed by atoms with Crippen molar-refractivity contribution < 1.29 is 19.1 Å². The average molecular weight is 347 g/mol. The zero-order valence-electron chi connectivity index (χ0n) is 14.9. The third-order valence-corrected chi connectivity index (χ3v) is 4.29. The van der Waals surface area contributed by atoms with Crippen molar-refractivity contribution in [1.29, 1.82) is 0 Å². The summed E-state index contributed by atoms with van der Waals surface area (Å²) in [4.78, 5) is 6.40. The Morgan fingerprint density at radius 3 is 2.96 bits per heavy atom. The highest BCUT2D eigenvalue weighted by Crippen LogP contribution is 2.23. The Bertz CT molecular complexity index is 703. The van der Waals surface area contributed by atoms with Gasteiger partial charge in [-0.3, -0.25) is 4.90 Å². The molecule has 1 aromatic heterocycles. The topological polar surface area (TPSA) is 80.9 Å². The van der Waals surface area contributed by atoms with E-state index in [1.165, 1.54) is 0 Å². The zero-order valence-corrected chi connectivity index (χ0v) is 14.9. The number of hydrogen-bond acceptors (Lipinski definition) is 7. The minimum atomic E-state index is -0.621. The van der Waals surface area contributed by atoms with Crippen LogP contribution in [0.3, 0.4) is 0 Å². The maximum atomic E-state index is 10.4. The molecule has 2 heterocycles. The molecule has 3 rings (SSSR count). The number of aliphatic hydroxyl groups excluding tert-OH is 1. The van der Waals surface area contributed by atoms with E-state index >= 15 is 0 Å². The molecule has 1 aromatic carbocycles. The van der Waals surface area contributed by atoms with Crippen LogP contribution in [-0.4, -0.2) is 59.2 Å². The number of aryl methyl sites for hydroxylation is 3. The van der Waals surface area contributed by atoms with Gasteiger partial charge in [0.15, 0.2) is 5.82 Å². The molecule has 0 unspecified atom stereocenters. The molecule has 136 valence electrons. The van der Waals surface area contributed by atoms with Crippen molar-refractivity contribution in [3.05, 3.63) is 41.0 Å². The van der Waals surface area contributed by atoms with E-state index in [0.29, 0.717) is 38.0 Å². The number of rotatable bonds is 6. The van der Waals surface area contributed by atoms with Gasteiger partial charge in [0.05, 0.1) is 13.2 Å². The number of β-amino-alcohol motifs (C(OH)–C–C–N with tert-alkyl or cyclic N) is 1. The summed E-state index contributed by atoms with van der Waals surface area (Å²) in [6, 6.07) is 5.92. The van der Waals surface area contributed by atoms with E-state index < -0.39 is 6.10 Å². The number of ether oxygens (including phenoxy) is 2. The molecule has 1 aliphatic rings. The van der Waals surface area contributed by atoms with Gasteiger partial charge in [0, 0.05) is 13.1 Å². The molecule has 0 spiro atoms. The van der Waals surface area contributed by atoms with Crippen LogP contribution >= 0.6 is 0 Å². The fraction of sp³-hybridized carbons (Fsp3) is 0.556. The van der Waals surface area contributed by atoms with Crippen molar-refractivity contribution in [3.63, 3.8) is 0 Å². The average Bonchev–Trinajstić information content (AvgIpc) is 3.02. The van der Waals surface area contributed by atoms with Gasteiger partial charge >= 0.3 is 0 Å². The van der Waals surface area contributed by atoms with E-state index in [-0.39, 0.29) is 12.6 Å². The lowest BCUT2D eigenvalue weighted by Gasteiger charge is -2.34. The molecule has 25 heavy (non-hydrogen) atoms. The van der Waals surface area contributed by atoms with Gasteiger partial charge in [-0.05, 0) is 38.0 Å². The monoisotopic (exact) mass is 347 g/mol. The van der Waals surface area contributed by atoms with Crippen molar-refractivity contribution in [1.82, 2.24) is 15.0 Å². The Labute approximate surface area is 147 Å². The quantitative estimate of drug-likeness (QED) is 0.853. The lowest BCUT2D eigenvalue weighted by molar-refractivity contribution is -0.0428. The highest BCUT2D eigenvalue weighted by molar-refractivity contribution is 5.35. The third kappa shape index (κ3) is 4.56. The predicted molar refractivity (Wildman–Crippen MR) is 91.6 cm³/mol. The summed E-state index contributed by atoms with van der Waals surface area (Å²) in [6.45, 7) is 8.29. The zero-order chi connectivity index (χ0) is 17.8. The van der Waals surface area contributed by atoms with E-state index in [0.717, 1.165) is 16.9 Å². The van der Waals surface area contributed by atoms with Gasteiger partial charge in [0.2, 0.25) is 5.89 Å². The smallest absolute Gasteiger partial charge is 0.246 e. The molecule has 0 bridgehead atoms. The van der Waals surface area contributed by atoms with E-state index in [4.69, 9.17) is 14.0 Å². The van der Waals surface area contributed by atoms with Gasteiger partial charge in [0.1, 0.15) is 24.5 Å². The lowest BCUT2D eigenvalue weighted by Crippen LogP contribution is -2.44. The van der Waals surface area contributed by atoms with Crippen LogP contribution in [-0.2, 0) is 4.74 Å². The Morgan fingerprint density at radius 2 is 2.20 bits per heavy atom. The van der Waals surface area contributed by atoms with Crippen LogP contribution in [0.25, 0.3) is 0 Å². The van der Waals surface area contributed by atoms with Gasteiger partial charge in [-0.15, -0.1) is 0 Å². The second-order valence-electron chi connectivity index (χ2n) is 6.50. The molecule has 1 saturated heterocycles. The summed E-state index contributed by atoms with van der Waals surface area (Å²) in [5.74, 6) is 1.93. The fourth-order valence-corrected chi connectivity index (χ4v) is 2.90. The first kappa shape index (κ1) is 17.8. The molecule has 7 heteroatoms. The Morgan fingerprint density at radius 1 is 1.36 bits per heavy atom. The van der Waals surface area contributed by atoms with Crippen LogP contribution in [0.15, 0.2) is 22.7 Å². The van der Waals surface area contributed by atoms with Crippen LogP contribution in [0.4, 0.5) is 0 Å². The molecule has 7 nitrogen and oxygen atoms in total. The number of morpholine rings is 1. The van der Waals surface area contributed by atoms with Crippen molar-refractivity contribution >= 4 is 0 Å². The van der Waals surface area contributed by atoms with Crippen molar-refractivity contribution in [2.45, 2.75) is 32.9 Å². The molecule has 1 N–H and O–H groups in total. The van der Waals surface area contributed by atoms with Crippen LogP contribution in [0.1, 0.15) is 28.9 Å². The molecular weight excluding hydrogens is 322 g/mol. The minimum Gasteiger partial charge on any atom is -0.491 e.